The fourth-order valence-electron chi connectivity index (χ4n) is 3.16. The Morgan fingerprint density at radius 2 is 2.21 bits per heavy atom. The number of likely N-dealkylation sites (tertiary alicyclic amines) is 1. The van der Waals surface area contributed by atoms with Crippen molar-refractivity contribution in [3.8, 4) is 0 Å². The molecule has 3 aromatic rings. The van der Waals surface area contributed by atoms with Crippen LogP contribution in [0.2, 0.25) is 5.02 Å². The summed E-state index contributed by atoms with van der Waals surface area (Å²) in [6.45, 7) is 2.60. The first kappa shape index (κ1) is 15.1. The summed E-state index contributed by atoms with van der Waals surface area (Å²) in [6, 6.07) is 5.73. The van der Waals surface area contributed by atoms with Crippen LogP contribution in [0, 0.1) is 6.92 Å². The molecule has 6 nitrogen and oxygen atoms in total. The van der Waals surface area contributed by atoms with Gasteiger partial charge < -0.3 is 4.90 Å². The normalized spacial score (nSPS) is 17.6. The number of aromatic nitrogens is 4. The molecule has 1 amide bonds. The zero-order valence-corrected chi connectivity index (χ0v) is 13.9. The first-order valence-electron chi connectivity index (χ1n) is 7.87. The van der Waals surface area contributed by atoms with Gasteiger partial charge >= 0.3 is 0 Å². The van der Waals surface area contributed by atoms with Crippen molar-refractivity contribution < 1.29 is 4.79 Å². The van der Waals surface area contributed by atoms with Gasteiger partial charge in [-0.05, 0) is 37.5 Å². The van der Waals surface area contributed by atoms with Gasteiger partial charge in [0.05, 0.1) is 11.7 Å². The molecule has 1 aliphatic heterocycles. The van der Waals surface area contributed by atoms with Crippen LogP contribution in [0.3, 0.4) is 0 Å². The number of fused-ring (bicyclic) bond motifs is 1. The van der Waals surface area contributed by atoms with E-state index in [9.17, 15) is 4.79 Å². The number of nitrogens with zero attached hydrogens (tertiary/aromatic N) is 5. The van der Waals surface area contributed by atoms with Crippen LogP contribution in [0.15, 0.2) is 36.8 Å². The summed E-state index contributed by atoms with van der Waals surface area (Å²) < 4.78 is 1.57. The highest BCUT2D eigenvalue weighted by atomic mass is 35.5. The van der Waals surface area contributed by atoms with Gasteiger partial charge in [-0.3, -0.25) is 9.78 Å². The number of aryl methyl sites for hydroxylation is 1. The second-order valence-electron chi connectivity index (χ2n) is 5.97. The average Bonchev–Trinajstić information content (AvgIpc) is 3.20. The van der Waals surface area contributed by atoms with Gasteiger partial charge in [-0.25, -0.2) is 9.50 Å². The third-order valence-electron chi connectivity index (χ3n) is 4.29. The first-order chi connectivity index (χ1) is 11.6. The highest BCUT2D eigenvalue weighted by Gasteiger charge is 2.34. The summed E-state index contributed by atoms with van der Waals surface area (Å²) in [4.78, 5) is 23.5. The molecule has 0 bridgehead atoms. The maximum Gasteiger partial charge on any atom is 0.276 e. The molecule has 4 rings (SSSR count). The van der Waals surface area contributed by atoms with Crippen LogP contribution in [0.25, 0.3) is 5.65 Å². The van der Waals surface area contributed by atoms with E-state index in [4.69, 9.17) is 11.6 Å². The van der Waals surface area contributed by atoms with Gasteiger partial charge in [-0.1, -0.05) is 17.7 Å². The lowest BCUT2D eigenvalue weighted by atomic mass is 10.1. The van der Waals surface area contributed by atoms with Crippen LogP contribution in [0.5, 0.6) is 0 Å². The van der Waals surface area contributed by atoms with Gasteiger partial charge in [0.25, 0.3) is 5.91 Å². The number of amides is 1. The van der Waals surface area contributed by atoms with Crippen molar-refractivity contribution in [2.45, 2.75) is 25.8 Å². The molecule has 7 heteroatoms. The van der Waals surface area contributed by atoms with Crippen molar-refractivity contribution in [3.63, 3.8) is 0 Å². The van der Waals surface area contributed by atoms with Crippen LogP contribution in [-0.4, -0.2) is 36.9 Å². The number of pyridine rings is 1. The summed E-state index contributed by atoms with van der Waals surface area (Å²) >= 11 is 6.37. The molecule has 24 heavy (non-hydrogen) atoms. The molecule has 0 aliphatic carbocycles. The molecule has 0 unspecified atom stereocenters. The summed E-state index contributed by atoms with van der Waals surface area (Å²) in [5.41, 5.74) is 2.60. The monoisotopic (exact) mass is 341 g/mol. The summed E-state index contributed by atoms with van der Waals surface area (Å²) in [5, 5.41) is 4.65. The van der Waals surface area contributed by atoms with Crippen molar-refractivity contribution in [1.82, 2.24) is 24.5 Å². The van der Waals surface area contributed by atoms with Crippen LogP contribution in [0.1, 0.15) is 40.6 Å². The minimum atomic E-state index is -0.170. The van der Waals surface area contributed by atoms with E-state index in [1.54, 1.807) is 16.9 Å². The van der Waals surface area contributed by atoms with E-state index in [0.717, 1.165) is 24.1 Å². The zero-order chi connectivity index (χ0) is 16.7. The average molecular weight is 342 g/mol. The number of carbonyl (C=O) groups excluding carboxylic acids is 1. The van der Waals surface area contributed by atoms with Gasteiger partial charge in [-0.2, -0.15) is 5.10 Å². The van der Waals surface area contributed by atoms with E-state index in [1.807, 2.05) is 36.2 Å². The van der Waals surface area contributed by atoms with E-state index in [2.05, 4.69) is 15.1 Å². The SMILES string of the molecule is Cc1cnc2c(Cl)c(C(=O)N3CCC[C@@H]3c3ccccn3)nn2c1. The smallest absolute Gasteiger partial charge is 0.276 e. The molecule has 0 N–H and O–H groups in total. The molecule has 1 aliphatic rings. The van der Waals surface area contributed by atoms with E-state index in [1.165, 1.54) is 0 Å². The Hall–Kier alpha value is -2.47. The zero-order valence-electron chi connectivity index (χ0n) is 13.2. The van der Waals surface area contributed by atoms with Gasteiger partial charge in [0, 0.05) is 25.1 Å². The number of rotatable bonds is 2. The summed E-state index contributed by atoms with van der Waals surface area (Å²) in [6.07, 6.45) is 7.11. The number of halogens is 1. The van der Waals surface area contributed by atoms with E-state index >= 15 is 0 Å². The van der Waals surface area contributed by atoms with Crippen molar-refractivity contribution in [3.05, 3.63) is 58.8 Å². The molecular weight excluding hydrogens is 326 g/mol. The van der Waals surface area contributed by atoms with E-state index in [0.29, 0.717) is 17.2 Å². The van der Waals surface area contributed by atoms with Gasteiger partial charge in [-0.15, -0.1) is 0 Å². The number of hydrogen-bond donors (Lipinski definition) is 0. The Balaban J connectivity index is 1.72. The summed E-state index contributed by atoms with van der Waals surface area (Å²) in [5.74, 6) is -0.170. The number of carbonyl (C=O) groups is 1. The predicted molar refractivity (Wildman–Crippen MR) is 90.0 cm³/mol. The Labute approximate surface area is 144 Å². The third kappa shape index (κ3) is 2.43. The molecule has 4 heterocycles. The third-order valence-corrected chi connectivity index (χ3v) is 4.64. The minimum Gasteiger partial charge on any atom is -0.329 e. The fourth-order valence-corrected chi connectivity index (χ4v) is 3.42. The maximum absolute atomic E-state index is 13.0. The van der Waals surface area contributed by atoms with Gasteiger partial charge in [0.1, 0.15) is 5.02 Å². The Bertz CT molecular complexity index is 908. The molecule has 1 fully saturated rings. The van der Waals surface area contributed by atoms with Crippen LogP contribution in [0.4, 0.5) is 0 Å². The van der Waals surface area contributed by atoms with E-state index in [-0.39, 0.29) is 17.6 Å². The largest absolute Gasteiger partial charge is 0.329 e. The second-order valence-corrected chi connectivity index (χ2v) is 6.35. The van der Waals surface area contributed by atoms with Gasteiger partial charge in [0.2, 0.25) is 0 Å². The lowest BCUT2D eigenvalue weighted by molar-refractivity contribution is 0.0726. The molecule has 3 aromatic heterocycles. The number of hydrogen-bond acceptors (Lipinski definition) is 4. The second kappa shape index (κ2) is 5.87. The first-order valence-corrected chi connectivity index (χ1v) is 8.25. The molecule has 122 valence electrons. The lowest BCUT2D eigenvalue weighted by Crippen LogP contribution is -2.31. The lowest BCUT2D eigenvalue weighted by Gasteiger charge is -2.23. The molecule has 0 saturated carbocycles. The Morgan fingerprint density at radius 1 is 1.33 bits per heavy atom. The van der Waals surface area contributed by atoms with E-state index < -0.39 is 0 Å². The molecule has 0 radical (unpaired) electrons. The summed E-state index contributed by atoms with van der Waals surface area (Å²) in [7, 11) is 0. The van der Waals surface area contributed by atoms with Crippen LogP contribution >= 0.6 is 11.6 Å². The van der Waals surface area contributed by atoms with Crippen LogP contribution < -0.4 is 0 Å². The highest BCUT2D eigenvalue weighted by molar-refractivity contribution is 6.36. The highest BCUT2D eigenvalue weighted by Crippen LogP contribution is 2.33. The maximum atomic E-state index is 13.0. The molecule has 1 saturated heterocycles. The molecule has 1 atom stereocenters. The Morgan fingerprint density at radius 3 is 3.00 bits per heavy atom. The minimum absolute atomic E-state index is 0.0331. The molecule has 0 spiro atoms. The van der Waals surface area contributed by atoms with Crippen molar-refractivity contribution in [2.75, 3.05) is 6.54 Å². The molecular formula is C17H16ClN5O. The van der Waals surface area contributed by atoms with Gasteiger partial charge in [0.15, 0.2) is 11.3 Å². The topological polar surface area (TPSA) is 63.4 Å². The van der Waals surface area contributed by atoms with Crippen molar-refractivity contribution in [2.24, 2.45) is 0 Å². The van der Waals surface area contributed by atoms with Crippen molar-refractivity contribution in [1.29, 1.82) is 0 Å². The quantitative estimate of drug-likeness (QED) is 0.718. The molecule has 0 aromatic carbocycles. The standard InChI is InChI=1S/C17H16ClN5O/c1-11-9-20-16-14(18)15(21-23(16)10-11)17(24)22-8-4-6-13(22)12-5-2-3-7-19-12/h2-3,5,7,9-10,13H,4,6,8H2,1H3/t13-/m1/s1. The van der Waals surface area contributed by atoms with Crippen LogP contribution in [-0.2, 0) is 0 Å². The van der Waals surface area contributed by atoms with Crippen molar-refractivity contribution >= 4 is 23.2 Å². The predicted octanol–water partition coefficient (Wildman–Crippen LogP) is 3.06. The fraction of sp³-hybridized carbons (Fsp3) is 0.294. The Kier molecular flexibility index (Phi) is 3.69.